The van der Waals surface area contributed by atoms with E-state index in [0.717, 1.165) is 19.3 Å². The molecule has 1 rings (SSSR count). The van der Waals surface area contributed by atoms with Crippen molar-refractivity contribution in [1.82, 2.24) is 0 Å². The van der Waals surface area contributed by atoms with Gasteiger partial charge in [-0.1, -0.05) is 30.7 Å². The molecule has 2 heteroatoms. The average molecular weight is 180 g/mol. The molecule has 0 aromatic heterocycles. The van der Waals surface area contributed by atoms with Crippen molar-refractivity contribution < 1.29 is 9.90 Å². The molecular weight excluding hydrogens is 164 g/mol. The van der Waals surface area contributed by atoms with Crippen LogP contribution in [0.5, 0.6) is 0 Å². The molecule has 0 aromatic rings. The molecule has 0 aliphatic heterocycles. The van der Waals surface area contributed by atoms with Gasteiger partial charge in [-0.25, -0.2) is 0 Å². The summed E-state index contributed by atoms with van der Waals surface area (Å²) in [4.78, 5) is 10.3. The second kappa shape index (κ2) is 4.85. The number of carbonyl (C=O) groups is 1. The lowest BCUT2D eigenvalue weighted by molar-refractivity contribution is -0.137. The molecule has 72 valence electrons. The maximum atomic E-state index is 10.3. The molecule has 0 saturated carbocycles. The van der Waals surface area contributed by atoms with E-state index in [9.17, 15) is 4.79 Å². The monoisotopic (exact) mass is 180 g/mol. The second-order valence-electron chi connectivity index (χ2n) is 3.60. The van der Waals surface area contributed by atoms with E-state index in [1.54, 1.807) is 0 Å². The van der Waals surface area contributed by atoms with Crippen molar-refractivity contribution in [2.24, 2.45) is 5.92 Å². The van der Waals surface area contributed by atoms with Crippen molar-refractivity contribution >= 4 is 5.97 Å². The third kappa shape index (κ3) is 3.92. The molecule has 0 spiro atoms. The zero-order valence-corrected chi connectivity index (χ0v) is 7.99. The Bertz CT molecular complexity index is 238. The van der Waals surface area contributed by atoms with Crippen LogP contribution in [0.15, 0.2) is 23.8 Å². The maximum absolute atomic E-state index is 10.3. The summed E-state index contributed by atoms with van der Waals surface area (Å²) in [6, 6.07) is 0. The van der Waals surface area contributed by atoms with Crippen LogP contribution in [0.25, 0.3) is 0 Å². The summed E-state index contributed by atoms with van der Waals surface area (Å²) in [6.45, 7) is 2.18. The fraction of sp³-hybridized carbons (Fsp3) is 0.545. The Morgan fingerprint density at radius 1 is 1.69 bits per heavy atom. The zero-order valence-electron chi connectivity index (χ0n) is 7.99. The van der Waals surface area contributed by atoms with Crippen molar-refractivity contribution in [2.45, 2.75) is 32.6 Å². The number of hydrogen-bond acceptors (Lipinski definition) is 1. The van der Waals surface area contributed by atoms with Gasteiger partial charge in [-0.3, -0.25) is 4.79 Å². The van der Waals surface area contributed by atoms with Gasteiger partial charge in [0.25, 0.3) is 0 Å². The van der Waals surface area contributed by atoms with E-state index in [1.165, 1.54) is 5.57 Å². The van der Waals surface area contributed by atoms with Gasteiger partial charge in [0.05, 0.1) is 0 Å². The number of carboxylic acid groups (broad SMARTS) is 1. The number of rotatable bonds is 4. The summed E-state index contributed by atoms with van der Waals surface area (Å²) in [5.74, 6) is -0.0849. The molecule has 0 heterocycles. The molecule has 0 aromatic carbocycles. The van der Waals surface area contributed by atoms with Gasteiger partial charge in [0, 0.05) is 6.42 Å². The van der Waals surface area contributed by atoms with Crippen LogP contribution < -0.4 is 0 Å². The molecule has 13 heavy (non-hydrogen) atoms. The quantitative estimate of drug-likeness (QED) is 0.722. The van der Waals surface area contributed by atoms with Crippen molar-refractivity contribution in [2.75, 3.05) is 0 Å². The van der Waals surface area contributed by atoms with Gasteiger partial charge in [-0.05, 0) is 25.2 Å². The molecule has 0 fully saturated rings. The minimum absolute atomic E-state index is 0.277. The zero-order chi connectivity index (χ0) is 9.68. The molecule has 2 nitrogen and oxygen atoms in total. The number of carboxylic acids is 1. The molecule has 0 saturated heterocycles. The van der Waals surface area contributed by atoms with Crippen molar-refractivity contribution in [1.29, 1.82) is 0 Å². The Kier molecular flexibility index (Phi) is 3.74. The molecule has 1 aliphatic rings. The highest BCUT2D eigenvalue weighted by Gasteiger charge is 2.04. The van der Waals surface area contributed by atoms with E-state index in [4.69, 9.17) is 5.11 Å². The first-order chi connectivity index (χ1) is 6.18. The van der Waals surface area contributed by atoms with Gasteiger partial charge < -0.3 is 5.11 Å². The topological polar surface area (TPSA) is 37.3 Å². The lowest BCUT2D eigenvalue weighted by Gasteiger charge is -2.11. The Morgan fingerprint density at radius 2 is 2.46 bits per heavy atom. The highest BCUT2D eigenvalue weighted by Crippen LogP contribution is 2.19. The number of allylic oxidation sites excluding steroid dienone is 4. The summed E-state index contributed by atoms with van der Waals surface area (Å²) in [5.41, 5.74) is 1.29. The van der Waals surface area contributed by atoms with Crippen LogP contribution in [-0.2, 0) is 4.79 Å². The van der Waals surface area contributed by atoms with E-state index in [1.807, 2.05) is 0 Å². The van der Waals surface area contributed by atoms with Crippen LogP contribution in [0, 0.1) is 5.92 Å². The third-order valence-electron chi connectivity index (χ3n) is 2.19. The minimum atomic E-state index is -0.701. The van der Waals surface area contributed by atoms with Gasteiger partial charge >= 0.3 is 5.97 Å². The molecule has 0 amide bonds. The van der Waals surface area contributed by atoms with E-state index >= 15 is 0 Å². The molecule has 0 radical (unpaired) electrons. The summed E-state index contributed by atoms with van der Waals surface area (Å²) < 4.78 is 0. The van der Waals surface area contributed by atoms with Gasteiger partial charge in [0.1, 0.15) is 0 Å². The van der Waals surface area contributed by atoms with Crippen molar-refractivity contribution in [3.63, 3.8) is 0 Å². The fourth-order valence-corrected chi connectivity index (χ4v) is 1.53. The average Bonchev–Trinajstić information content (AvgIpc) is 2.03. The van der Waals surface area contributed by atoms with E-state index in [2.05, 4.69) is 25.2 Å². The molecule has 1 N–H and O–H groups in total. The number of aliphatic carboxylic acids is 1. The molecule has 1 aliphatic carbocycles. The van der Waals surface area contributed by atoms with Gasteiger partial charge in [0.2, 0.25) is 0 Å². The summed E-state index contributed by atoms with van der Waals surface area (Å²) in [6.07, 6.45) is 9.55. The lowest BCUT2D eigenvalue weighted by atomic mass is 9.95. The lowest BCUT2D eigenvalue weighted by Crippen LogP contribution is -1.97. The van der Waals surface area contributed by atoms with Crippen LogP contribution in [-0.4, -0.2) is 11.1 Å². The summed E-state index contributed by atoms with van der Waals surface area (Å²) >= 11 is 0. The highest BCUT2D eigenvalue weighted by atomic mass is 16.4. The van der Waals surface area contributed by atoms with Crippen LogP contribution in [0.2, 0.25) is 0 Å². The molecule has 1 atom stereocenters. The first-order valence-electron chi connectivity index (χ1n) is 4.77. The van der Waals surface area contributed by atoms with Crippen molar-refractivity contribution in [3.05, 3.63) is 23.8 Å². The number of hydrogen-bond donors (Lipinski definition) is 1. The Balaban J connectivity index is 2.28. The summed E-state index contributed by atoms with van der Waals surface area (Å²) in [7, 11) is 0. The summed E-state index contributed by atoms with van der Waals surface area (Å²) in [5, 5.41) is 8.46. The minimum Gasteiger partial charge on any atom is -0.481 e. The Morgan fingerprint density at radius 3 is 3.08 bits per heavy atom. The maximum Gasteiger partial charge on any atom is 0.303 e. The van der Waals surface area contributed by atoms with Gasteiger partial charge in [0.15, 0.2) is 0 Å². The van der Waals surface area contributed by atoms with Crippen LogP contribution >= 0.6 is 0 Å². The van der Waals surface area contributed by atoms with Crippen molar-refractivity contribution in [3.8, 4) is 0 Å². The molecule has 0 bridgehead atoms. The normalized spacial score (nSPS) is 21.3. The second-order valence-corrected chi connectivity index (χ2v) is 3.60. The van der Waals surface area contributed by atoms with E-state index < -0.39 is 5.97 Å². The predicted octanol–water partition coefficient (Wildman–Crippen LogP) is 2.76. The van der Waals surface area contributed by atoms with Crippen LogP contribution in [0.3, 0.4) is 0 Å². The van der Waals surface area contributed by atoms with Gasteiger partial charge in [-0.2, -0.15) is 0 Å². The van der Waals surface area contributed by atoms with Gasteiger partial charge in [-0.15, -0.1) is 0 Å². The SMILES string of the molecule is C[C@@H]1C=C(CCCC(=O)O)C=CC1. The Hall–Kier alpha value is -1.05. The predicted molar refractivity (Wildman–Crippen MR) is 52.5 cm³/mol. The third-order valence-corrected chi connectivity index (χ3v) is 2.19. The largest absolute Gasteiger partial charge is 0.481 e. The smallest absolute Gasteiger partial charge is 0.303 e. The van der Waals surface area contributed by atoms with Crippen LogP contribution in [0.1, 0.15) is 32.6 Å². The van der Waals surface area contributed by atoms with Crippen LogP contribution in [0.4, 0.5) is 0 Å². The van der Waals surface area contributed by atoms with E-state index in [-0.39, 0.29) is 6.42 Å². The molecular formula is C11H16O2. The first kappa shape index (κ1) is 10.0. The standard InChI is InChI=1S/C11H16O2/c1-9-4-2-5-10(8-9)6-3-7-11(12)13/h2,5,8-9H,3-4,6-7H2,1H3,(H,12,13)/t9-/m0/s1. The molecule has 0 unspecified atom stereocenters. The van der Waals surface area contributed by atoms with E-state index in [0.29, 0.717) is 5.92 Å². The Labute approximate surface area is 79.0 Å². The highest BCUT2D eigenvalue weighted by molar-refractivity contribution is 5.66. The first-order valence-corrected chi connectivity index (χ1v) is 4.77. The fourth-order valence-electron chi connectivity index (χ4n) is 1.53.